The molecule has 1 heterocycles. The molecule has 27 heavy (non-hydrogen) atoms. The van der Waals surface area contributed by atoms with Crippen molar-refractivity contribution >= 4 is 35.6 Å². The van der Waals surface area contributed by atoms with Crippen molar-refractivity contribution in [3.8, 4) is 0 Å². The highest BCUT2D eigenvalue weighted by molar-refractivity contribution is 7.95. The molecule has 0 aliphatic rings. The molecular weight excluding hydrogens is 369 g/mol. The van der Waals surface area contributed by atoms with Gasteiger partial charge in [-0.15, -0.1) is 12.4 Å². The molecule has 0 unspecified atom stereocenters. The summed E-state index contributed by atoms with van der Waals surface area (Å²) >= 11 is 0. The molecular formula is C24H22ClNP+. The molecule has 0 bridgehead atoms. The van der Waals surface area contributed by atoms with E-state index in [0.29, 0.717) is 0 Å². The van der Waals surface area contributed by atoms with Crippen molar-refractivity contribution < 1.29 is 0 Å². The monoisotopic (exact) mass is 390 g/mol. The fourth-order valence-electron chi connectivity index (χ4n) is 3.53. The molecule has 0 aliphatic heterocycles. The number of pyridine rings is 1. The Bertz CT molecular complexity index is 848. The topological polar surface area (TPSA) is 12.9 Å². The van der Waals surface area contributed by atoms with Gasteiger partial charge in [0.15, 0.2) is 0 Å². The minimum Gasteiger partial charge on any atom is -0.264 e. The summed E-state index contributed by atoms with van der Waals surface area (Å²) in [6.07, 6.45) is 4.82. The van der Waals surface area contributed by atoms with E-state index in [0.717, 1.165) is 6.16 Å². The van der Waals surface area contributed by atoms with Gasteiger partial charge in [0, 0.05) is 18.0 Å². The predicted octanol–water partition coefficient (Wildman–Crippen LogP) is 5.00. The van der Waals surface area contributed by atoms with Gasteiger partial charge in [-0.2, -0.15) is 0 Å². The fraction of sp³-hybridized carbons (Fsp3) is 0.0417. The van der Waals surface area contributed by atoms with Crippen LogP contribution < -0.4 is 15.9 Å². The molecule has 0 spiro atoms. The molecule has 0 amide bonds. The van der Waals surface area contributed by atoms with Crippen LogP contribution in [0.4, 0.5) is 0 Å². The summed E-state index contributed by atoms with van der Waals surface area (Å²) in [4.78, 5) is 4.37. The number of halogens is 1. The van der Waals surface area contributed by atoms with Crippen LogP contribution in [0.15, 0.2) is 116 Å². The van der Waals surface area contributed by atoms with E-state index < -0.39 is 7.26 Å². The minimum atomic E-state index is -1.82. The van der Waals surface area contributed by atoms with Crippen LogP contribution in [0.1, 0.15) is 5.56 Å². The second-order valence-corrected chi connectivity index (χ2v) is 9.82. The van der Waals surface area contributed by atoms with Crippen molar-refractivity contribution in [3.63, 3.8) is 0 Å². The Morgan fingerprint density at radius 1 is 0.556 bits per heavy atom. The van der Waals surface area contributed by atoms with E-state index in [4.69, 9.17) is 0 Å². The van der Waals surface area contributed by atoms with E-state index in [-0.39, 0.29) is 12.4 Å². The SMILES string of the molecule is Cl.c1ccc([P+](Cc2cccnc2)(c2ccccc2)c2ccccc2)cc1. The van der Waals surface area contributed by atoms with Gasteiger partial charge in [-0.05, 0) is 42.5 Å². The second-order valence-electron chi connectivity index (χ2n) is 6.34. The van der Waals surface area contributed by atoms with Gasteiger partial charge in [0.25, 0.3) is 0 Å². The van der Waals surface area contributed by atoms with Gasteiger partial charge >= 0.3 is 0 Å². The number of nitrogens with zero attached hydrogens (tertiary/aromatic N) is 1. The van der Waals surface area contributed by atoms with Gasteiger partial charge in [-0.25, -0.2) is 0 Å². The molecule has 1 aromatic heterocycles. The fourth-order valence-corrected chi connectivity index (χ4v) is 7.75. The zero-order chi connectivity index (χ0) is 17.7. The maximum atomic E-state index is 4.37. The Labute approximate surface area is 167 Å². The van der Waals surface area contributed by atoms with Crippen LogP contribution in [0.5, 0.6) is 0 Å². The lowest BCUT2D eigenvalue weighted by molar-refractivity contribution is 1.24. The summed E-state index contributed by atoms with van der Waals surface area (Å²) in [6, 6.07) is 37.1. The molecule has 0 N–H and O–H groups in total. The standard InChI is InChI=1S/C24H21NP.ClH/c1-4-12-22(13-5-1)26(23-14-6-2-7-15-23,24-16-8-3-9-17-24)20-21-11-10-18-25-19-21;/h1-19H,20H2;1H/q+1;. The lowest BCUT2D eigenvalue weighted by Crippen LogP contribution is -2.32. The van der Waals surface area contributed by atoms with Crippen molar-refractivity contribution in [1.29, 1.82) is 0 Å². The normalized spacial score (nSPS) is 10.8. The van der Waals surface area contributed by atoms with Crippen LogP contribution in [0.3, 0.4) is 0 Å². The maximum absolute atomic E-state index is 4.37. The molecule has 0 aliphatic carbocycles. The van der Waals surface area contributed by atoms with Crippen LogP contribution in [-0.2, 0) is 6.16 Å². The molecule has 0 fully saturated rings. The Morgan fingerprint density at radius 3 is 1.37 bits per heavy atom. The average molecular weight is 391 g/mol. The Hall–Kier alpha value is -2.47. The largest absolute Gasteiger partial charge is 0.264 e. The number of benzene rings is 3. The zero-order valence-electron chi connectivity index (χ0n) is 15.0. The van der Waals surface area contributed by atoms with Gasteiger partial charge in [-0.3, -0.25) is 4.98 Å². The number of aromatic nitrogens is 1. The van der Waals surface area contributed by atoms with Gasteiger partial charge in [0.05, 0.1) is 6.16 Å². The third-order valence-electron chi connectivity index (χ3n) is 4.73. The minimum absolute atomic E-state index is 0. The third-order valence-corrected chi connectivity index (χ3v) is 9.11. The van der Waals surface area contributed by atoms with Crippen molar-refractivity contribution in [2.45, 2.75) is 6.16 Å². The summed E-state index contributed by atoms with van der Waals surface area (Å²) in [7, 11) is -1.82. The zero-order valence-corrected chi connectivity index (χ0v) is 16.7. The smallest absolute Gasteiger partial charge is 0.116 e. The number of hydrogen-bond donors (Lipinski definition) is 0. The molecule has 3 heteroatoms. The van der Waals surface area contributed by atoms with E-state index in [1.54, 1.807) is 0 Å². The van der Waals surface area contributed by atoms with Crippen LogP contribution in [0, 0.1) is 0 Å². The maximum Gasteiger partial charge on any atom is 0.116 e. The predicted molar refractivity (Wildman–Crippen MR) is 120 cm³/mol. The molecule has 0 saturated heterocycles. The van der Waals surface area contributed by atoms with Crippen molar-refractivity contribution in [1.82, 2.24) is 4.98 Å². The van der Waals surface area contributed by atoms with E-state index in [2.05, 4.69) is 102 Å². The first-order valence-electron chi connectivity index (χ1n) is 8.83. The van der Waals surface area contributed by atoms with Crippen molar-refractivity contribution in [2.75, 3.05) is 0 Å². The highest BCUT2D eigenvalue weighted by Gasteiger charge is 2.45. The van der Waals surface area contributed by atoms with Gasteiger partial charge < -0.3 is 0 Å². The lowest BCUT2D eigenvalue weighted by atomic mass is 10.3. The molecule has 4 aromatic rings. The Morgan fingerprint density at radius 2 is 1.00 bits per heavy atom. The highest BCUT2D eigenvalue weighted by Crippen LogP contribution is 2.57. The average Bonchev–Trinajstić information content (AvgIpc) is 2.75. The van der Waals surface area contributed by atoms with Crippen LogP contribution in [-0.4, -0.2) is 4.98 Å². The van der Waals surface area contributed by atoms with E-state index in [9.17, 15) is 0 Å². The molecule has 4 rings (SSSR count). The quantitative estimate of drug-likeness (QED) is 0.437. The Balaban J connectivity index is 0.00000210. The number of rotatable bonds is 5. The van der Waals surface area contributed by atoms with E-state index >= 15 is 0 Å². The van der Waals surface area contributed by atoms with Crippen LogP contribution in [0.2, 0.25) is 0 Å². The molecule has 3 aromatic carbocycles. The molecule has 134 valence electrons. The van der Waals surface area contributed by atoms with Crippen molar-refractivity contribution in [3.05, 3.63) is 121 Å². The summed E-state index contributed by atoms with van der Waals surface area (Å²) in [5.74, 6) is 0. The molecule has 0 atom stereocenters. The second kappa shape index (κ2) is 8.95. The molecule has 0 saturated carbocycles. The summed E-state index contributed by atoms with van der Waals surface area (Å²) < 4.78 is 0. The Kier molecular flexibility index (Phi) is 6.40. The highest BCUT2D eigenvalue weighted by atomic mass is 35.5. The van der Waals surface area contributed by atoms with E-state index in [1.807, 2.05) is 18.5 Å². The van der Waals surface area contributed by atoms with Crippen LogP contribution >= 0.6 is 19.7 Å². The van der Waals surface area contributed by atoms with Gasteiger partial charge in [0.1, 0.15) is 23.2 Å². The van der Waals surface area contributed by atoms with Gasteiger partial charge in [0.2, 0.25) is 0 Å². The first-order valence-corrected chi connectivity index (χ1v) is 10.8. The van der Waals surface area contributed by atoms with Crippen molar-refractivity contribution in [2.24, 2.45) is 0 Å². The molecule has 0 radical (unpaired) electrons. The first kappa shape index (κ1) is 19.3. The van der Waals surface area contributed by atoms with Crippen LogP contribution in [0.25, 0.3) is 0 Å². The first-order chi connectivity index (χ1) is 12.9. The molecule has 1 nitrogen and oxygen atoms in total. The summed E-state index contributed by atoms with van der Waals surface area (Å²) in [5.41, 5.74) is 1.28. The summed E-state index contributed by atoms with van der Waals surface area (Å²) in [5, 5.41) is 4.21. The lowest BCUT2D eigenvalue weighted by Gasteiger charge is -2.27. The van der Waals surface area contributed by atoms with E-state index in [1.165, 1.54) is 21.5 Å². The number of hydrogen-bond acceptors (Lipinski definition) is 1. The third kappa shape index (κ3) is 3.95. The van der Waals surface area contributed by atoms with Gasteiger partial charge in [-0.1, -0.05) is 60.7 Å². The summed E-state index contributed by atoms with van der Waals surface area (Å²) in [6.45, 7) is 0.